The van der Waals surface area contributed by atoms with Crippen LogP contribution >= 0.6 is 0 Å². The first-order valence-electron chi connectivity index (χ1n) is 7.02. The summed E-state index contributed by atoms with van der Waals surface area (Å²) in [6, 6.07) is 0.530. The molecule has 0 radical (unpaired) electrons. The Hall–Kier alpha value is -0.200. The van der Waals surface area contributed by atoms with Crippen molar-refractivity contribution in [3.8, 4) is 0 Å². The Kier molecular flexibility index (Phi) is 5.38. The van der Waals surface area contributed by atoms with Gasteiger partial charge in [-0.05, 0) is 20.9 Å². The maximum Gasteiger partial charge on any atom is 0.170 e. The van der Waals surface area contributed by atoms with E-state index in [-0.39, 0.29) is 6.29 Å². The molecule has 106 valence electrons. The Labute approximate surface area is 110 Å². The number of likely N-dealkylation sites (N-methyl/N-ethyl adjacent to an activating group) is 1. The smallest absolute Gasteiger partial charge is 0.170 e. The Bertz CT molecular complexity index is 246. The molecular formula is C13H26N2O3. The summed E-state index contributed by atoms with van der Waals surface area (Å²) >= 11 is 0. The lowest BCUT2D eigenvalue weighted by molar-refractivity contribution is -0.146. The fourth-order valence-electron chi connectivity index (χ4n) is 2.82. The number of fused-ring (bicyclic) bond motifs is 1. The largest absolute Gasteiger partial charge is 0.374 e. The van der Waals surface area contributed by atoms with E-state index in [9.17, 15) is 0 Å². The fraction of sp³-hybridized carbons (Fsp3) is 1.00. The molecule has 0 aliphatic carbocycles. The number of hydrogen-bond acceptors (Lipinski definition) is 5. The molecule has 2 fully saturated rings. The number of likely N-dealkylation sites (tertiary alicyclic amines) is 1. The van der Waals surface area contributed by atoms with Crippen LogP contribution in [-0.4, -0.2) is 81.3 Å². The van der Waals surface area contributed by atoms with Gasteiger partial charge in [0.1, 0.15) is 0 Å². The second-order valence-corrected chi connectivity index (χ2v) is 5.02. The van der Waals surface area contributed by atoms with Gasteiger partial charge in [0.2, 0.25) is 0 Å². The second kappa shape index (κ2) is 6.82. The molecule has 0 spiro atoms. The van der Waals surface area contributed by atoms with Gasteiger partial charge < -0.3 is 14.2 Å². The zero-order valence-corrected chi connectivity index (χ0v) is 11.8. The maximum absolute atomic E-state index is 5.84. The van der Waals surface area contributed by atoms with Crippen molar-refractivity contribution in [2.24, 2.45) is 0 Å². The van der Waals surface area contributed by atoms with Crippen LogP contribution in [0.25, 0.3) is 0 Å². The Morgan fingerprint density at radius 2 is 1.94 bits per heavy atom. The van der Waals surface area contributed by atoms with Crippen molar-refractivity contribution in [2.75, 3.05) is 53.0 Å². The van der Waals surface area contributed by atoms with E-state index >= 15 is 0 Å². The van der Waals surface area contributed by atoms with Crippen molar-refractivity contribution in [1.29, 1.82) is 0 Å². The van der Waals surface area contributed by atoms with E-state index in [1.807, 2.05) is 13.8 Å². The molecule has 2 atom stereocenters. The van der Waals surface area contributed by atoms with E-state index in [2.05, 4.69) is 16.8 Å². The third kappa shape index (κ3) is 3.42. The quantitative estimate of drug-likeness (QED) is 0.644. The maximum atomic E-state index is 5.84. The molecule has 0 aromatic heterocycles. The molecule has 0 unspecified atom stereocenters. The summed E-state index contributed by atoms with van der Waals surface area (Å²) in [6.45, 7) is 10.2. The van der Waals surface area contributed by atoms with Gasteiger partial charge in [0.25, 0.3) is 0 Å². The molecule has 0 bridgehead atoms. The predicted octanol–water partition coefficient (Wildman–Crippen LogP) is 0.400. The van der Waals surface area contributed by atoms with Crippen LogP contribution in [0.3, 0.4) is 0 Å². The Morgan fingerprint density at radius 1 is 1.22 bits per heavy atom. The van der Waals surface area contributed by atoms with Crippen LogP contribution in [-0.2, 0) is 14.2 Å². The predicted molar refractivity (Wildman–Crippen MR) is 69.6 cm³/mol. The molecule has 2 heterocycles. The first-order chi connectivity index (χ1) is 8.74. The number of morpholine rings is 1. The van der Waals surface area contributed by atoms with Gasteiger partial charge in [-0.1, -0.05) is 0 Å². The second-order valence-electron chi connectivity index (χ2n) is 5.02. The van der Waals surface area contributed by atoms with E-state index in [1.54, 1.807) is 0 Å². The van der Waals surface area contributed by atoms with Gasteiger partial charge in [-0.15, -0.1) is 0 Å². The highest BCUT2D eigenvalue weighted by Crippen LogP contribution is 2.22. The van der Waals surface area contributed by atoms with Crippen LogP contribution in [0.1, 0.15) is 13.8 Å². The number of rotatable bonds is 6. The first-order valence-corrected chi connectivity index (χ1v) is 7.02. The molecule has 2 rings (SSSR count). The van der Waals surface area contributed by atoms with Gasteiger partial charge in [-0.25, -0.2) is 0 Å². The van der Waals surface area contributed by atoms with Crippen molar-refractivity contribution < 1.29 is 14.2 Å². The first kappa shape index (κ1) is 14.2. The van der Waals surface area contributed by atoms with Crippen molar-refractivity contribution in [1.82, 2.24) is 9.80 Å². The lowest BCUT2D eigenvalue weighted by Gasteiger charge is -2.33. The van der Waals surface area contributed by atoms with E-state index in [0.29, 0.717) is 25.4 Å². The third-order valence-corrected chi connectivity index (χ3v) is 3.77. The Balaban J connectivity index is 1.83. The SMILES string of the molecule is CCOC(CN1C[C@@H]2OCCN(C)[C@@H]2C1)OCC. The summed E-state index contributed by atoms with van der Waals surface area (Å²) < 4.78 is 17.1. The molecule has 2 aliphatic heterocycles. The number of nitrogens with zero attached hydrogens (tertiary/aromatic N) is 2. The van der Waals surface area contributed by atoms with Crippen LogP contribution in [0.2, 0.25) is 0 Å². The van der Waals surface area contributed by atoms with Crippen molar-refractivity contribution in [3.05, 3.63) is 0 Å². The van der Waals surface area contributed by atoms with E-state index in [4.69, 9.17) is 14.2 Å². The van der Waals surface area contributed by atoms with Gasteiger partial charge >= 0.3 is 0 Å². The molecule has 2 aliphatic rings. The minimum atomic E-state index is -0.106. The van der Waals surface area contributed by atoms with Crippen molar-refractivity contribution >= 4 is 0 Å². The van der Waals surface area contributed by atoms with Gasteiger partial charge in [0, 0.05) is 45.4 Å². The van der Waals surface area contributed by atoms with Gasteiger partial charge in [-0.2, -0.15) is 0 Å². The average Bonchev–Trinajstić information content (AvgIpc) is 2.74. The topological polar surface area (TPSA) is 34.2 Å². The minimum absolute atomic E-state index is 0.106. The van der Waals surface area contributed by atoms with E-state index < -0.39 is 0 Å². The van der Waals surface area contributed by atoms with Crippen LogP contribution in [0.4, 0.5) is 0 Å². The van der Waals surface area contributed by atoms with E-state index in [0.717, 1.165) is 32.8 Å². The van der Waals surface area contributed by atoms with Crippen LogP contribution in [0.15, 0.2) is 0 Å². The standard InChI is InChI=1S/C13H26N2O3/c1-4-16-13(17-5-2)10-15-8-11-12(9-15)18-7-6-14(11)3/h11-13H,4-10H2,1-3H3/t11-,12+/m1/s1. The molecule has 5 nitrogen and oxygen atoms in total. The monoisotopic (exact) mass is 258 g/mol. The molecule has 18 heavy (non-hydrogen) atoms. The van der Waals surface area contributed by atoms with E-state index in [1.165, 1.54) is 0 Å². The van der Waals surface area contributed by atoms with Crippen molar-refractivity contribution in [3.63, 3.8) is 0 Å². The molecule has 0 N–H and O–H groups in total. The summed E-state index contributed by atoms with van der Waals surface area (Å²) in [5.41, 5.74) is 0. The fourth-order valence-corrected chi connectivity index (χ4v) is 2.82. The molecule has 0 amide bonds. The third-order valence-electron chi connectivity index (χ3n) is 3.77. The average molecular weight is 258 g/mol. The lowest BCUT2D eigenvalue weighted by Crippen LogP contribution is -2.48. The summed E-state index contributed by atoms with van der Waals surface area (Å²) in [7, 11) is 2.19. The zero-order valence-electron chi connectivity index (χ0n) is 11.8. The highest BCUT2D eigenvalue weighted by molar-refractivity contribution is 4.93. The van der Waals surface area contributed by atoms with Crippen molar-refractivity contribution in [2.45, 2.75) is 32.3 Å². The Morgan fingerprint density at radius 3 is 2.56 bits per heavy atom. The number of hydrogen-bond donors (Lipinski definition) is 0. The highest BCUT2D eigenvalue weighted by Gasteiger charge is 2.39. The summed E-state index contributed by atoms with van der Waals surface area (Å²) in [4.78, 5) is 4.80. The summed E-state index contributed by atoms with van der Waals surface area (Å²) in [5.74, 6) is 0. The van der Waals surface area contributed by atoms with Gasteiger partial charge in [-0.3, -0.25) is 9.80 Å². The molecule has 0 aromatic rings. The number of ether oxygens (including phenoxy) is 3. The zero-order chi connectivity index (χ0) is 13.0. The van der Waals surface area contributed by atoms with Gasteiger partial charge in [0.05, 0.1) is 12.7 Å². The van der Waals surface area contributed by atoms with Crippen LogP contribution in [0, 0.1) is 0 Å². The molecular weight excluding hydrogens is 232 g/mol. The molecule has 0 aromatic carbocycles. The highest BCUT2D eigenvalue weighted by atomic mass is 16.7. The normalized spacial score (nSPS) is 30.0. The lowest BCUT2D eigenvalue weighted by atomic mass is 10.1. The minimum Gasteiger partial charge on any atom is -0.374 e. The summed E-state index contributed by atoms with van der Waals surface area (Å²) in [5, 5.41) is 0. The molecule has 0 saturated carbocycles. The molecule has 5 heteroatoms. The van der Waals surface area contributed by atoms with Crippen LogP contribution < -0.4 is 0 Å². The summed E-state index contributed by atoms with van der Waals surface area (Å²) in [6.07, 6.45) is 0.248. The van der Waals surface area contributed by atoms with Gasteiger partial charge in [0.15, 0.2) is 6.29 Å². The van der Waals surface area contributed by atoms with Crippen LogP contribution in [0.5, 0.6) is 0 Å². The molecule has 2 saturated heterocycles.